The minimum absolute atomic E-state index is 0. The predicted octanol–water partition coefficient (Wildman–Crippen LogP) is 2.98. The summed E-state index contributed by atoms with van der Waals surface area (Å²) in [6, 6.07) is 7.74. The average molecular weight is 500 g/mol. The molecule has 1 aliphatic heterocycles. The van der Waals surface area contributed by atoms with E-state index in [2.05, 4.69) is 29.5 Å². The molecule has 1 unspecified atom stereocenters. The number of hydrogen-bond donors (Lipinski definition) is 2. The van der Waals surface area contributed by atoms with E-state index in [-0.39, 0.29) is 46.9 Å². The Kier molecular flexibility index (Phi) is 8.47. The Hall–Kier alpha value is -0.540. The number of nitrogens with zero attached hydrogens (tertiary/aromatic N) is 1. The maximum Gasteiger partial charge on any atom is 0.191 e. The molecule has 1 aromatic rings. The molecular weight excluding hydrogens is 473 g/mol. The van der Waals surface area contributed by atoms with Gasteiger partial charge < -0.3 is 10.6 Å². The van der Waals surface area contributed by atoms with Crippen LogP contribution < -0.4 is 10.6 Å². The fraction of sp³-hybridized carbons (Fsp3) is 0.588. The van der Waals surface area contributed by atoms with Crippen molar-refractivity contribution in [3.8, 4) is 0 Å². The Bertz CT molecular complexity index is 690. The highest BCUT2D eigenvalue weighted by Crippen LogP contribution is 2.25. The van der Waals surface area contributed by atoms with Gasteiger partial charge in [0.2, 0.25) is 0 Å². The normalized spacial score (nSPS) is 20.0. The molecule has 0 bridgehead atoms. The lowest BCUT2D eigenvalue weighted by atomic mass is 9.85. The van der Waals surface area contributed by atoms with Gasteiger partial charge in [-0.3, -0.25) is 4.99 Å². The SMILES string of the molecule is CCNC(=NCC(C)(C)c1ccc(Cl)cc1)NC1CCS(=O)(=O)C1.I. The van der Waals surface area contributed by atoms with E-state index in [1.807, 2.05) is 31.2 Å². The second-order valence-corrected chi connectivity index (χ2v) is 9.50. The summed E-state index contributed by atoms with van der Waals surface area (Å²) in [6.07, 6.45) is 0.632. The van der Waals surface area contributed by atoms with Gasteiger partial charge in [0, 0.05) is 23.0 Å². The first-order valence-electron chi connectivity index (χ1n) is 8.23. The van der Waals surface area contributed by atoms with E-state index in [0.29, 0.717) is 18.9 Å². The molecule has 0 amide bonds. The van der Waals surface area contributed by atoms with Crippen LogP contribution in [0.3, 0.4) is 0 Å². The van der Waals surface area contributed by atoms with Crippen LogP contribution in [0.2, 0.25) is 5.02 Å². The number of hydrogen-bond acceptors (Lipinski definition) is 3. The largest absolute Gasteiger partial charge is 0.357 e. The molecule has 1 aromatic carbocycles. The second kappa shape index (κ2) is 9.41. The number of halogens is 2. The van der Waals surface area contributed by atoms with Crippen molar-refractivity contribution in [2.45, 2.75) is 38.6 Å². The van der Waals surface area contributed by atoms with Crippen molar-refractivity contribution in [3.63, 3.8) is 0 Å². The van der Waals surface area contributed by atoms with Crippen LogP contribution in [-0.4, -0.2) is 45.0 Å². The van der Waals surface area contributed by atoms with Crippen LogP contribution in [0.5, 0.6) is 0 Å². The van der Waals surface area contributed by atoms with Crippen LogP contribution in [0.4, 0.5) is 0 Å². The zero-order valence-corrected chi connectivity index (χ0v) is 18.8. The van der Waals surface area contributed by atoms with Crippen molar-refractivity contribution in [1.29, 1.82) is 0 Å². The molecule has 142 valence electrons. The van der Waals surface area contributed by atoms with Gasteiger partial charge >= 0.3 is 0 Å². The minimum atomic E-state index is -2.90. The molecule has 1 fully saturated rings. The van der Waals surface area contributed by atoms with Crippen LogP contribution >= 0.6 is 35.6 Å². The summed E-state index contributed by atoms with van der Waals surface area (Å²) in [5, 5.41) is 7.16. The fourth-order valence-electron chi connectivity index (χ4n) is 2.69. The van der Waals surface area contributed by atoms with Gasteiger partial charge in [-0.15, -0.1) is 24.0 Å². The standard InChI is InChI=1S/C17H26ClN3O2S.HI/c1-4-19-16(21-15-9-10-24(22,23)11-15)20-12-17(2,3)13-5-7-14(18)8-6-13;/h5-8,15H,4,9-12H2,1-3H3,(H2,19,20,21);1H. The van der Waals surface area contributed by atoms with Gasteiger partial charge in [-0.25, -0.2) is 8.42 Å². The van der Waals surface area contributed by atoms with Gasteiger partial charge in [-0.05, 0) is 31.0 Å². The highest BCUT2D eigenvalue weighted by molar-refractivity contribution is 14.0. The molecule has 2 N–H and O–H groups in total. The Balaban J connectivity index is 0.00000312. The minimum Gasteiger partial charge on any atom is -0.357 e. The topological polar surface area (TPSA) is 70.6 Å². The zero-order chi connectivity index (χ0) is 17.8. The smallest absolute Gasteiger partial charge is 0.191 e. The van der Waals surface area contributed by atoms with Crippen molar-refractivity contribution in [3.05, 3.63) is 34.9 Å². The van der Waals surface area contributed by atoms with Crippen LogP contribution in [0, 0.1) is 0 Å². The monoisotopic (exact) mass is 499 g/mol. The summed E-state index contributed by atoms with van der Waals surface area (Å²) >= 11 is 5.95. The van der Waals surface area contributed by atoms with Crippen molar-refractivity contribution >= 4 is 51.4 Å². The van der Waals surface area contributed by atoms with Gasteiger partial charge in [-0.2, -0.15) is 0 Å². The maximum atomic E-state index is 11.6. The van der Waals surface area contributed by atoms with E-state index in [0.717, 1.165) is 17.1 Å². The van der Waals surface area contributed by atoms with E-state index in [9.17, 15) is 8.42 Å². The van der Waals surface area contributed by atoms with Crippen molar-refractivity contribution in [1.82, 2.24) is 10.6 Å². The molecule has 25 heavy (non-hydrogen) atoms. The third-order valence-electron chi connectivity index (χ3n) is 4.18. The highest BCUT2D eigenvalue weighted by Gasteiger charge is 2.28. The first kappa shape index (κ1) is 22.5. The van der Waals surface area contributed by atoms with Crippen molar-refractivity contribution < 1.29 is 8.42 Å². The lowest BCUT2D eigenvalue weighted by molar-refractivity contribution is 0.535. The molecule has 1 atom stereocenters. The van der Waals surface area contributed by atoms with E-state index in [1.165, 1.54) is 0 Å². The van der Waals surface area contributed by atoms with Crippen LogP contribution in [0.1, 0.15) is 32.8 Å². The van der Waals surface area contributed by atoms with Gasteiger partial charge in [0.05, 0.1) is 18.1 Å². The molecule has 0 radical (unpaired) electrons. The van der Waals surface area contributed by atoms with Crippen molar-refractivity contribution in [2.75, 3.05) is 24.6 Å². The number of rotatable bonds is 5. The van der Waals surface area contributed by atoms with Gasteiger partial charge in [0.15, 0.2) is 15.8 Å². The molecular formula is C17H27ClIN3O2S. The predicted molar refractivity (Wildman–Crippen MR) is 116 cm³/mol. The Morgan fingerprint density at radius 3 is 2.48 bits per heavy atom. The molecule has 5 nitrogen and oxygen atoms in total. The molecule has 1 aliphatic rings. The zero-order valence-electron chi connectivity index (χ0n) is 14.9. The van der Waals surface area contributed by atoms with E-state index in [4.69, 9.17) is 11.6 Å². The average Bonchev–Trinajstić information content (AvgIpc) is 2.84. The molecule has 0 aliphatic carbocycles. The summed E-state index contributed by atoms with van der Waals surface area (Å²) < 4.78 is 23.2. The van der Waals surface area contributed by atoms with Gasteiger partial charge in [0.25, 0.3) is 0 Å². The first-order valence-corrected chi connectivity index (χ1v) is 10.4. The summed E-state index contributed by atoms with van der Waals surface area (Å²) in [7, 11) is -2.90. The Labute approximate surface area is 173 Å². The molecule has 8 heteroatoms. The fourth-order valence-corrected chi connectivity index (χ4v) is 4.49. The van der Waals surface area contributed by atoms with Crippen LogP contribution in [0.15, 0.2) is 29.3 Å². The molecule has 2 rings (SSSR count). The second-order valence-electron chi connectivity index (χ2n) is 6.83. The Morgan fingerprint density at radius 2 is 1.96 bits per heavy atom. The lowest BCUT2D eigenvalue weighted by Gasteiger charge is -2.24. The summed E-state index contributed by atoms with van der Waals surface area (Å²) in [6.45, 7) is 7.57. The maximum absolute atomic E-state index is 11.6. The summed E-state index contributed by atoms with van der Waals surface area (Å²) in [5.41, 5.74) is 1.02. The molecule has 0 spiro atoms. The van der Waals surface area contributed by atoms with Crippen LogP contribution in [-0.2, 0) is 15.3 Å². The summed E-state index contributed by atoms with van der Waals surface area (Å²) in [4.78, 5) is 4.66. The number of aliphatic imine (C=N–C) groups is 1. The van der Waals surface area contributed by atoms with E-state index >= 15 is 0 Å². The number of guanidine groups is 1. The van der Waals surface area contributed by atoms with E-state index in [1.54, 1.807) is 0 Å². The van der Waals surface area contributed by atoms with Crippen LogP contribution in [0.25, 0.3) is 0 Å². The molecule has 1 saturated heterocycles. The summed E-state index contributed by atoms with van der Waals surface area (Å²) in [5.74, 6) is 1.10. The molecule has 1 heterocycles. The lowest BCUT2D eigenvalue weighted by Crippen LogP contribution is -2.44. The highest BCUT2D eigenvalue weighted by atomic mass is 127. The van der Waals surface area contributed by atoms with E-state index < -0.39 is 9.84 Å². The van der Waals surface area contributed by atoms with Crippen molar-refractivity contribution in [2.24, 2.45) is 4.99 Å². The van der Waals surface area contributed by atoms with Gasteiger partial charge in [-0.1, -0.05) is 37.6 Å². The Morgan fingerprint density at radius 1 is 1.32 bits per heavy atom. The number of sulfone groups is 1. The molecule has 0 saturated carbocycles. The third-order valence-corrected chi connectivity index (χ3v) is 6.20. The number of nitrogens with one attached hydrogen (secondary N) is 2. The van der Waals surface area contributed by atoms with Gasteiger partial charge in [0.1, 0.15) is 0 Å². The quantitative estimate of drug-likeness (QED) is 0.371. The first-order chi connectivity index (χ1) is 11.2. The third kappa shape index (κ3) is 6.94. The molecule has 0 aromatic heterocycles. The number of benzene rings is 1.